The summed E-state index contributed by atoms with van der Waals surface area (Å²) in [6, 6.07) is 12.4. The average molecular weight is 521 g/mol. The summed E-state index contributed by atoms with van der Waals surface area (Å²) >= 11 is 1.51. The number of nitrogens with one attached hydrogen (secondary N) is 3. The van der Waals surface area contributed by atoms with E-state index in [0.717, 1.165) is 73.1 Å². The van der Waals surface area contributed by atoms with E-state index < -0.39 is 0 Å². The molecule has 3 N–H and O–H groups in total. The minimum Gasteiger partial charge on any atom is -0.379 e. The van der Waals surface area contributed by atoms with E-state index in [2.05, 4.69) is 36.7 Å². The molecule has 2 aliphatic heterocycles. The summed E-state index contributed by atoms with van der Waals surface area (Å²) in [4.78, 5) is 27.2. The molecule has 0 radical (unpaired) electrons. The van der Waals surface area contributed by atoms with E-state index in [1.54, 1.807) is 0 Å². The van der Waals surface area contributed by atoms with E-state index in [9.17, 15) is 4.79 Å². The topological polar surface area (TPSA) is 111 Å². The molecule has 2 aromatic heterocycles. The molecule has 10 nitrogen and oxygen atoms in total. The number of hydrogen-bond acceptors (Lipinski definition) is 9. The number of rotatable bonds is 9. The number of morpholine rings is 1. The third kappa shape index (κ3) is 5.89. The molecule has 0 atom stereocenters. The van der Waals surface area contributed by atoms with Crippen LogP contribution in [0.3, 0.4) is 0 Å². The number of anilines is 4. The molecule has 194 valence electrons. The van der Waals surface area contributed by atoms with Crippen LogP contribution in [0, 0.1) is 0 Å². The number of aromatic amines is 1. The number of hydrogen-bond donors (Lipinski definition) is 3. The van der Waals surface area contributed by atoms with Gasteiger partial charge < -0.3 is 20.3 Å². The van der Waals surface area contributed by atoms with Crippen LogP contribution < -0.4 is 15.5 Å². The second-order valence-electron chi connectivity index (χ2n) is 9.74. The molecular formula is C26H32N8O2S. The summed E-state index contributed by atoms with van der Waals surface area (Å²) in [5.74, 6) is 3.08. The Morgan fingerprint density at radius 1 is 1.14 bits per heavy atom. The fourth-order valence-corrected chi connectivity index (χ4v) is 5.36. The first kappa shape index (κ1) is 24.2. The predicted molar refractivity (Wildman–Crippen MR) is 144 cm³/mol. The van der Waals surface area contributed by atoms with Crippen LogP contribution in [0.25, 0.3) is 0 Å². The lowest BCUT2D eigenvalue weighted by Crippen LogP contribution is -2.61. The van der Waals surface area contributed by atoms with Crippen LogP contribution >= 0.6 is 11.8 Å². The Balaban J connectivity index is 1.19. The van der Waals surface area contributed by atoms with Gasteiger partial charge in [0.25, 0.3) is 0 Å². The van der Waals surface area contributed by atoms with Crippen molar-refractivity contribution >= 4 is 40.8 Å². The Morgan fingerprint density at radius 3 is 2.65 bits per heavy atom. The van der Waals surface area contributed by atoms with Gasteiger partial charge in [0.1, 0.15) is 17.5 Å². The molecule has 0 spiro atoms. The molecule has 0 unspecified atom stereocenters. The maximum Gasteiger partial charge on any atom is 0.224 e. The number of aromatic nitrogens is 4. The molecule has 37 heavy (non-hydrogen) atoms. The fourth-order valence-electron chi connectivity index (χ4n) is 4.59. The SMILES string of the molecule is CCC(=O)Nc1ccc(Sc2nc(Nc3cc(C4CC4)n[nH]3)cc(N3CC(N4CCOCC4)C3)n2)cc1. The molecule has 2 saturated heterocycles. The Kier molecular flexibility index (Phi) is 6.99. The van der Waals surface area contributed by atoms with Crippen LogP contribution in [0.2, 0.25) is 0 Å². The lowest BCUT2D eigenvalue weighted by molar-refractivity contribution is -0.115. The van der Waals surface area contributed by atoms with Crippen molar-refractivity contribution in [2.24, 2.45) is 0 Å². The van der Waals surface area contributed by atoms with Crippen molar-refractivity contribution in [2.75, 3.05) is 54.9 Å². The van der Waals surface area contributed by atoms with Crippen LogP contribution in [-0.4, -0.2) is 76.4 Å². The van der Waals surface area contributed by atoms with Crippen molar-refractivity contribution in [2.45, 2.75) is 48.2 Å². The van der Waals surface area contributed by atoms with Gasteiger partial charge in [-0.1, -0.05) is 6.92 Å². The largest absolute Gasteiger partial charge is 0.379 e. The number of nitrogens with zero attached hydrogens (tertiary/aromatic N) is 5. The molecule has 6 rings (SSSR count). The third-order valence-electron chi connectivity index (χ3n) is 6.96. The lowest BCUT2D eigenvalue weighted by atomic mass is 10.1. The predicted octanol–water partition coefficient (Wildman–Crippen LogP) is 3.84. The van der Waals surface area contributed by atoms with Crippen molar-refractivity contribution in [1.82, 2.24) is 25.1 Å². The van der Waals surface area contributed by atoms with E-state index in [1.807, 2.05) is 37.3 Å². The van der Waals surface area contributed by atoms with E-state index in [-0.39, 0.29) is 5.91 Å². The maximum absolute atomic E-state index is 11.7. The van der Waals surface area contributed by atoms with Crippen molar-refractivity contribution in [3.05, 3.63) is 42.1 Å². The van der Waals surface area contributed by atoms with E-state index in [0.29, 0.717) is 23.5 Å². The van der Waals surface area contributed by atoms with E-state index >= 15 is 0 Å². The summed E-state index contributed by atoms with van der Waals surface area (Å²) in [5.41, 5.74) is 1.89. The van der Waals surface area contributed by atoms with Gasteiger partial charge in [0, 0.05) is 67.3 Å². The molecule has 3 aliphatic rings. The smallest absolute Gasteiger partial charge is 0.224 e. The Bertz CT molecular complexity index is 1230. The number of H-pyrrole nitrogens is 1. The summed E-state index contributed by atoms with van der Waals surface area (Å²) in [6.07, 6.45) is 2.88. The molecule has 1 amide bonds. The van der Waals surface area contributed by atoms with Crippen LogP contribution in [0.15, 0.2) is 46.5 Å². The highest BCUT2D eigenvalue weighted by atomic mass is 32.2. The molecule has 0 bridgehead atoms. The second kappa shape index (κ2) is 10.7. The van der Waals surface area contributed by atoms with Gasteiger partial charge in [0.15, 0.2) is 5.16 Å². The summed E-state index contributed by atoms with van der Waals surface area (Å²) in [6.45, 7) is 7.35. The zero-order chi connectivity index (χ0) is 25.2. The Hall–Kier alpha value is -3.15. The monoisotopic (exact) mass is 520 g/mol. The minimum absolute atomic E-state index is 0.000680. The molecule has 1 aromatic carbocycles. The number of amides is 1. The highest BCUT2D eigenvalue weighted by Gasteiger charge is 2.34. The molecule has 1 aliphatic carbocycles. The third-order valence-corrected chi connectivity index (χ3v) is 7.84. The lowest BCUT2D eigenvalue weighted by Gasteiger charge is -2.47. The van der Waals surface area contributed by atoms with Gasteiger partial charge in [-0.3, -0.25) is 14.8 Å². The summed E-state index contributed by atoms with van der Waals surface area (Å²) < 4.78 is 5.51. The number of carbonyl (C=O) groups excluding carboxylic acids is 1. The van der Waals surface area contributed by atoms with Crippen molar-refractivity contribution in [1.29, 1.82) is 0 Å². The quantitative estimate of drug-likeness (QED) is 0.362. The normalized spacial score (nSPS) is 18.5. The summed E-state index contributed by atoms with van der Waals surface area (Å²) in [7, 11) is 0. The molecular weight excluding hydrogens is 488 g/mol. The van der Waals surface area contributed by atoms with E-state index in [4.69, 9.17) is 14.7 Å². The van der Waals surface area contributed by atoms with Gasteiger partial charge in [-0.05, 0) is 48.9 Å². The van der Waals surface area contributed by atoms with Crippen molar-refractivity contribution in [3.63, 3.8) is 0 Å². The van der Waals surface area contributed by atoms with Gasteiger partial charge >= 0.3 is 0 Å². The summed E-state index contributed by atoms with van der Waals surface area (Å²) in [5, 5.41) is 14.5. The van der Waals surface area contributed by atoms with Gasteiger partial charge in [-0.2, -0.15) is 5.10 Å². The standard InChI is InChI=1S/C26H32N8O2S/c1-2-25(35)27-18-5-7-20(8-6-18)37-26-29-22(28-23-13-21(31-32-23)17-3-4-17)14-24(30-26)34-15-19(16-34)33-9-11-36-12-10-33/h5-8,13-14,17,19H,2-4,9-12,15-16H2,1H3,(H,27,35)(H2,28,29,30,31,32). The molecule has 1 saturated carbocycles. The zero-order valence-corrected chi connectivity index (χ0v) is 21.8. The van der Waals surface area contributed by atoms with Gasteiger partial charge in [-0.25, -0.2) is 9.97 Å². The molecule has 3 fully saturated rings. The number of benzene rings is 1. The highest BCUT2D eigenvalue weighted by Crippen LogP contribution is 2.40. The van der Waals surface area contributed by atoms with Crippen LogP contribution in [0.4, 0.5) is 23.1 Å². The second-order valence-corrected chi connectivity index (χ2v) is 10.8. The molecule has 4 heterocycles. The Morgan fingerprint density at radius 2 is 1.92 bits per heavy atom. The first-order valence-electron chi connectivity index (χ1n) is 13.0. The first-order chi connectivity index (χ1) is 18.1. The van der Waals surface area contributed by atoms with E-state index in [1.165, 1.54) is 24.6 Å². The first-order valence-corrected chi connectivity index (χ1v) is 13.8. The zero-order valence-electron chi connectivity index (χ0n) is 20.9. The maximum atomic E-state index is 11.7. The van der Waals surface area contributed by atoms with Crippen molar-refractivity contribution < 1.29 is 9.53 Å². The van der Waals surface area contributed by atoms with Crippen LogP contribution in [0.5, 0.6) is 0 Å². The molecule has 3 aromatic rings. The van der Waals surface area contributed by atoms with Gasteiger partial charge in [-0.15, -0.1) is 0 Å². The molecule has 11 heteroatoms. The minimum atomic E-state index is 0.000680. The van der Waals surface area contributed by atoms with Crippen LogP contribution in [-0.2, 0) is 9.53 Å². The number of ether oxygens (including phenoxy) is 1. The number of carbonyl (C=O) groups is 1. The average Bonchev–Trinajstić information content (AvgIpc) is 3.63. The van der Waals surface area contributed by atoms with Crippen LogP contribution in [0.1, 0.15) is 37.8 Å². The van der Waals surface area contributed by atoms with Gasteiger partial charge in [0.05, 0.1) is 18.9 Å². The van der Waals surface area contributed by atoms with Gasteiger partial charge in [0.2, 0.25) is 5.91 Å². The Labute approximate surface area is 220 Å². The highest BCUT2D eigenvalue weighted by molar-refractivity contribution is 7.99. The van der Waals surface area contributed by atoms with Crippen molar-refractivity contribution in [3.8, 4) is 0 Å². The fraction of sp³-hybridized carbons (Fsp3) is 0.462.